The molecule has 0 amide bonds. The molecule has 126 valence electrons. The van der Waals surface area contributed by atoms with Crippen LogP contribution in [0.5, 0.6) is 0 Å². The molecule has 3 aromatic rings. The summed E-state index contributed by atoms with van der Waals surface area (Å²) in [5.41, 5.74) is 3.08. The van der Waals surface area contributed by atoms with Crippen LogP contribution in [0.1, 0.15) is 33.2 Å². The zero-order chi connectivity index (χ0) is 17.6. The van der Waals surface area contributed by atoms with Crippen molar-refractivity contribution in [2.75, 3.05) is 0 Å². The SMILES string of the molecule is Cc1ccc(C(=O)C[C@@H](Sc2ccc(Cl)cc2)c2ccccc2)cc1. The molecule has 3 rings (SSSR count). The lowest BCUT2D eigenvalue weighted by molar-refractivity contribution is 0.0982. The Balaban J connectivity index is 1.82. The van der Waals surface area contributed by atoms with Gasteiger partial charge in [0.05, 0.1) is 0 Å². The van der Waals surface area contributed by atoms with Crippen molar-refractivity contribution in [3.05, 3.63) is 101 Å². The summed E-state index contributed by atoms with van der Waals surface area (Å²) >= 11 is 7.68. The summed E-state index contributed by atoms with van der Waals surface area (Å²) in [4.78, 5) is 13.9. The van der Waals surface area contributed by atoms with Crippen molar-refractivity contribution in [2.45, 2.75) is 23.5 Å². The summed E-state index contributed by atoms with van der Waals surface area (Å²) < 4.78 is 0. The van der Waals surface area contributed by atoms with Crippen LogP contribution >= 0.6 is 23.4 Å². The molecule has 0 heterocycles. The van der Waals surface area contributed by atoms with E-state index in [0.29, 0.717) is 6.42 Å². The van der Waals surface area contributed by atoms with Crippen molar-refractivity contribution in [1.29, 1.82) is 0 Å². The Bertz CT molecular complexity index is 826. The smallest absolute Gasteiger partial charge is 0.164 e. The van der Waals surface area contributed by atoms with Crippen molar-refractivity contribution in [3.8, 4) is 0 Å². The molecule has 0 saturated heterocycles. The molecule has 25 heavy (non-hydrogen) atoms. The van der Waals surface area contributed by atoms with Crippen LogP contribution in [0, 0.1) is 6.92 Å². The molecule has 0 radical (unpaired) electrons. The zero-order valence-electron chi connectivity index (χ0n) is 14.0. The van der Waals surface area contributed by atoms with Gasteiger partial charge >= 0.3 is 0 Å². The molecule has 3 heteroatoms. The number of aryl methyl sites for hydroxylation is 1. The number of ketones is 1. The summed E-state index contributed by atoms with van der Waals surface area (Å²) in [5, 5.41) is 0.785. The lowest BCUT2D eigenvalue weighted by Crippen LogP contribution is -2.05. The molecule has 0 spiro atoms. The highest BCUT2D eigenvalue weighted by Crippen LogP contribution is 2.38. The Hall–Kier alpha value is -2.03. The topological polar surface area (TPSA) is 17.1 Å². The lowest BCUT2D eigenvalue weighted by atomic mass is 10.0. The predicted octanol–water partition coefficient (Wildman–Crippen LogP) is 6.75. The molecule has 0 aliphatic carbocycles. The summed E-state index contributed by atoms with van der Waals surface area (Å²) in [5.74, 6) is 0.162. The molecule has 0 aliphatic rings. The standard InChI is InChI=1S/C22H19ClOS/c1-16-7-9-17(10-8-16)21(24)15-22(18-5-3-2-4-6-18)25-20-13-11-19(23)12-14-20/h2-14,22H,15H2,1H3/t22-/m1/s1. The highest BCUT2D eigenvalue weighted by Gasteiger charge is 2.18. The molecule has 0 saturated carbocycles. The van der Waals surface area contributed by atoms with E-state index in [1.165, 1.54) is 0 Å². The molecule has 0 aliphatic heterocycles. The van der Waals surface area contributed by atoms with Crippen LogP contribution in [0.25, 0.3) is 0 Å². The first kappa shape index (κ1) is 17.8. The van der Waals surface area contributed by atoms with Crippen molar-refractivity contribution in [1.82, 2.24) is 0 Å². The first-order valence-electron chi connectivity index (χ1n) is 8.19. The number of halogens is 1. The Morgan fingerprint density at radius 2 is 1.56 bits per heavy atom. The molecule has 0 N–H and O–H groups in total. The van der Waals surface area contributed by atoms with Gasteiger partial charge in [-0.25, -0.2) is 0 Å². The number of carbonyl (C=O) groups excluding carboxylic acids is 1. The Labute approximate surface area is 158 Å². The molecule has 0 bridgehead atoms. The minimum Gasteiger partial charge on any atom is -0.294 e. The van der Waals surface area contributed by atoms with Gasteiger partial charge in [-0.2, -0.15) is 0 Å². The lowest BCUT2D eigenvalue weighted by Gasteiger charge is -2.17. The number of carbonyl (C=O) groups is 1. The van der Waals surface area contributed by atoms with E-state index in [9.17, 15) is 4.79 Å². The van der Waals surface area contributed by atoms with Crippen LogP contribution in [-0.2, 0) is 0 Å². The number of benzene rings is 3. The highest BCUT2D eigenvalue weighted by atomic mass is 35.5. The van der Waals surface area contributed by atoms with Crippen molar-refractivity contribution >= 4 is 29.1 Å². The summed E-state index contributed by atoms with van der Waals surface area (Å²) in [6.45, 7) is 2.03. The van der Waals surface area contributed by atoms with Gasteiger partial charge in [0.1, 0.15) is 0 Å². The second-order valence-corrected chi connectivity index (χ2v) is 7.68. The molecular weight excluding hydrogens is 348 g/mol. The van der Waals surface area contributed by atoms with E-state index in [-0.39, 0.29) is 11.0 Å². The van der Waals surface area contributed by atoms with Gasteiger partial charge in [-0.3, -0.25) is 4.79 Å². The van der Waals surface area contributed by atoms with E-state index in [4.69, 9.17) is 11.6 Å². The average molecular weight is 367 g/mol. The molecule has 0 unspecified atom stereocenters. The first-order chi connectivity index (χ1) is 12.1. The quantitative estimate of drug-likeness (QED) is 0.354. The largest absolute Gasteiger partial charge is 0.294 e. The maximum atomic E-state index is 12.7. The normalized spacial score (nSPS) is 11.9. The van der Waals surface area contributed by atoms with E-state index in [0.717, 1.165) is 26.6 Å². The monoisotopic (exact) mass is 366 g/mol. The fourth-order valence-electron chi connectivity index (χ4n) is 2.60. The van der Waals surface area contributed by atoms with Crippen molar-refractivity contribution in [3.63, 3.8) is 0 Å². The minimum absolute atomic E-state index is 0.0659. The maximum Gasteiger partial charge on any atom is 0.164 e. The predicted molar refractivity (Wildman–Crippen MR) is 107 cm³/mol. The summed E-state index contributed by atoms with van der Waals surface area (Å²) in [6.07, 6.45) is 0.459. The van der Waals surface area contributed by atoms with E-state index in [1.807, 2.05) is 73.7 Å². The molecule has 1 nitrogen and oxygen atoms in total. The number of rotatable bonds is 6. The van der Waals surface area contributed by atoms with Gasteiger partial charge in [0.2, 0.25) is 0 Å². The number of Topliss-reactive ketones (excluding diaryl/α,β-unsaturated/α-hetero) is 1. The number of hydrogen-bond acceptors (Lipinski definition) is 2. The molecular formula is C22H19ClOS. The van der Waals surface area contributed by atoms with Crippen LogP contribution < -0.4 is 0 Å². The molecule has 1 atom stereocenters. The van der Waals surface area contributed by atoms with Gasteiger partial charge in [0.25, 0.3) is 0 Å². The van der Waals surface area contributed by atoms with Gasteiger partial charge in [0.15, 0.2) is 5.78 Å². The van der Waals surface area contributed by atoms with Crippen molar-refractivity contribution < 1.29 is 4.79 Å². The van der Waals surface area contributed by atoms with Gasteiger partial charge in [-0.05, 0) is 36.8 Å². The Kier molecular flexibility index (Phi) is 5.95. The zero-order valence-corrected chi connectivity index (χ0v) is 15.6. The van der Waals surface area contributed by atoms with Crippen LogP contribution in [0.15, 0.2) is 83.8 Å². The average Bonchev–Trinajstić information content (AvgIpc) is 2.64. The first-order valence-corrected chi connectivity index (χ1v) is 9.44. The maximum absolute atomic E-state index is 12.7. The van der Waals surface area contributed by atoms with Gasteiger partial charge in [0, 0.05) is 27.2 Å². The van der Waals surface area contributed by atoms with Gasteiger partial charge in [-0.1, -0.05) is 71.8 Å². The second kappa shape index (κ2) is 8.37. The van der Waals surface area contributed by atoms with E-state index in [2.05, 4.69) is 12.1 Å². The minimum atomic E-state index is 0.0659. The molecule has 0 aromatic heterocycles. The van der Waals surface area contributed by atoms with Crippen LogP contribution in [0.2, 0.25) is 5.02 Å². The fraction of sp³-hybridized carbons (Fsp3) is 0.136. The number of thioether (sulfide) groups is 1. The summed E-state index contributed by atoms with van der Waals surface area (Å²) in [6, 6.07) is 25.7. The second-order valence-electron chi connectivity index (χ2n) is 5.96. The van der Waals surface area contributed by atoms with Gasteiger partial charge in [-0.15, -0.1) is 11.8 Å². The van der Waals surface area contributed by atoms with Crippen LogP contribution in [0.3, 0.4) is 0 Å². The van der Waals surface area contributed by atoms with E-state index < -0.39 is 0 Å². The van der Waals surface area contributed by atoms with E-state index >= 15 is 0 Å². The van der Waals surface area contributed by atoms with Crippen molar-refractivity contribution in [2.24, 2.45) is 0 Å². The third-order valence-electron chi connectivity index (χ3n) is 4.01. The number of hydrogen-bond donors (Lipinski definition) is 0. The van der Waals surface area contributed by atoms with Gasteiger partial charge < -0.3 is 0 Å². The van der Waals surface area contributed by atoms with E-state index in [1.54, 1.807) is 11.8 Å². The Morgan fingerprint density at radius 1 is 0.920 bits per heavy atom. The Morgan fingerprint density at radius 3 is 2.20 bits per heavy atom. The highest BCUT2D eigenvalue weighted by molar-refractivity contribution is 7.99. The molecule has 0 fully saturated rings. The third-order valence-corrected chi connectivity index (χ3v) is 5.53. The molecule has 3 aromatic carbocycles. The third kappa shape index (κ3) is 4.97. The summed E-state index contributed by atoms with van der Waals surface area (Å²) in [7, 11) is 0. The van der Waals surface area contributed by atoms with Crippen LogP contribution in [-0.4, -0.2) is 5.78 Å². The fourth-order valence-corrected chi connectivity index (χ4v) is 3.87. The van der Waals surface area contributed by atoms with Crippen LogP contribution in [0.4, 0.5) is 0 Å².